The molecule has 0 bridgehead atoms. The van der Waals surface area contributed by atoms with E-state index in [9.17, 15) is 5.26 Å². The predicted octanol–water partition coefficient (Wildman–Crippen LogP) is 10.2. The lowest BCUT2D eigenvalue weighted by Crippen LogP contribution is -2.28. The third kappa shape index (κ3) is 4.30. The molecule has 1 aromatic heterocycles. The molecule has 47 heavy (non-hydrogen) atoms. The Morgan fingerprint density at radius 2 is 1.28 bits per heavy atom. The molecule has 1 aliphatic carbocycles. The second-order valence-corrected chi connectivity index (χ2v) is 12.1. The fourth-order valence-corrected chi connectivity index (χ4v) is 7.54. The number of rotatable bonds is 5. The van der Waals surface area contributed by atoms with Gasteiger partial charge in [-0.25, -0.2) is 4.98 Å². The van der Waals surface area contributed by atoms with Crippen LogP contribution in [0, 0.1) is 11.3 Å². The highest BCUT2D eigenvalue weighted by atomic mass is 14.7. The van der Waals surface area contributed by atoms with Crippen molar-refractivity contribution in [2.24, 2.45) is 5.73 Å². The maximum absolute atomic E-state index is 9.48. The summed E-state index contributed by atoms with van der Waals surface area (Å²) in [6.45, 7) is 1.96. The number of fused-ring (bicyclic) bond motifs is 7. The zero-order chi connectivity index (χ0) is 32.0. The van der Waals surface area contributed by atoms with Gasteiger partial charge in [0.05, 0.1) is 22.4 Å². The van der Waals surface area contributed by atoms with Crippen LogP contribution in [0.25, 0.3) is 49.5 Å². The summed E-state index contributed by atoms with van der Waals surface area (Å²) in [5, 5.41) is 14.3. The van der Waals surface area contributed by atoms with Gasteiger partial charge in [-0.1, -0.05) is 127 Å². The molecule has 0 saturated heterocycles. The Balaban J connectivity index is 1.52. The van der Waals surface area contributed by atoms with Crippen LogP contribution in [0.4, 0.5) is 0 Å². The highest BCUT2D eigenvalue weighted by molar-refractivity contribution is 6.15. The van der Waals surface area contributed by atoms with Crippen LogP contribution in [0.15, 0.2) is 163 Å². The molecule has 3 heteroatoms. The van der Waals surface area contributed by atoms with Gasteiger partial charge in [-0.3, -0.25) is 0 Å². The molecule has 3 nitrogen and oxygen atoms in total. The van der Waals surface area contributed by atoms with Gasteiger partial charge >= 0.3 is 0 Å². The van der Waals surface area contributed by atoms with Gasteiger partial charge in [0.15, 0.2) is 0 Å². The number of benzene rings is 6. The van der Waals surface area contributed by atoms with Crippen molar-refractivity contribution in [2.45, 2.75) is 12.3 Å². The number of hydrogen-bond donors (Lipinski definition) is 1. The summed E-state index contributed by atoms with van der Waals surface area (Å²) in [5.41, 5.74) is 16.7. The molecule has 0 aliphatic heterocycles. The monoisotopic (exact) mass is 601 g/mol. The van der Waals surface area contributed by atoms with Gasteiger partial charge in [0.1, 0.15) is 6.07 Å². The average molecular weight is 602 g/mol. The third-order valence-corrected chi connectivity index (χ3v) is 9.55. The number of nitrogens with zero attached hydrogens (tertiary/aromatic N) is 2. The molecule has 222 valence electrons. The molecule has 7 aromatic rings. The number of nitrogens with two attached hydrogens (primary N) is 1. The van der Waals surface area contributed by atoms with E-state index in [1.54, 1.807) is 6.08 Å². The molecule has 0 spiro atoms. The Labute approximate surface area is 274 Å². The average Bonchev–Trinajstić information content (AvgIpc) is 3.45. The largest absolute Gasteiger partial charge is 0.404 e. The zero-order valence-electron chi connectivity index (χ0n) is 26.0. The lowest BCUT2D eigenvalue weighted by Gasteiger charge is -2.34. The summed E-state index contributed by atoms with van der Waals surface area (Å²) in [4.78, 5) is 5.19. The maximum atomic E-state index is 9.48. The molecule has 0 amide bonds. The minimum Gasteiger partial charge on any atom is -0.404 e. The molecule has 0 atom stereocenters. The molecule has 0 radical (unpaired) electrons. The van der Waals surface area contributed by atoms with Gasteiger partial charge in [-0.15, -0.1) is 0 Å². The van der Waals surface area contributed by atoms with E-state index < -0.39 is 5.41 Å². The van der Waals surface area contributed by atoms with Gasteiger partial charge in [0.2, 0.25) is 0 Å². The van der Waals surface area contributed by atoms with Crippen molar-refractivity contribution in [3.8, 4) is 28.5 Å². The second kappa shape index (κ2) is 11.3. The van der Waals surface area contributed by atoms with Crippen LogP contribution < -0.4 is 5.73 Å². The Morgan fingerprint density at radius 1 is 0.660 bits per heavy atom. The fraction of sp³-hybridized carbons (Fsp3) is 0.0455. The highest BCUT2D eigenvalue weighted by Gasteiger charge is 2.47. The number of allylic oxidation sites excluding steroid dienone is 3. The highest BCUT2D eigenvalue weighted by Crippen LogP contribution is 2.60. The first-order valence-electron chi connectivity index (χ1n) is 15.8. The van der Waals surface area contributed by atoms with Crippen molar-refractivity contribution >= 4 is 27.1 Å². The van der Waals surface area contributed by atoms with E-state index in [4.69, 9.17) is 10.7 Å². The molecule has 1 heterocycles. The van der Waals surface area contributed by atoms with Gasteiger partial charge in [-0.2, -0.15) is 5.26 Å². The van der Waals surface area contributed by atoms with Gasteiger partial charge in [-0.05, 0) is 91.7 Å². The lowest BCUT2D eigenvalue weighted by atomic mass is 9.67. The van der Waals surface area contributed by atoms with Crippen LogP contribution >= 0.6 is 0 Å². The van der Waals surface area contributed by atoms with Gasteiger partial charge < -0.3 is 5.73 Å². The third-order valence-electron chi connectivity index (χ3n) is 9.55. The van der Waals surface area contributed by atoms with E-state index in [0.29, 0.717) is 5.57 Å². The van der Waals surface area contributed by atoms with Crippen LogP contribution in [0.1, 0.15) is 34.9 Å². The normalized spacial score (nSPS) is 13.7. The molecular weight excluding hydrogens is 571 g/mol. The first-order valence-corrected chi connectivity index (χ1v) is 15.8. The molecule has 0 fully saturated rings. The summed E-state index contributed by atoms with van der Waals surface area (Å²) in [5.74, 6) is 0. The van der Waals surface area contributed by atoms with Gasteiger partial charge in [0.25, 0.3) is 0 Å². The van der Waals surface area contributed by atoms with E-state index in [1.165, 1.54) is 55.7 Å². The maximum Gasteiger partial charge on any atom is 0.101 e. The quantitative estimate of drug-likeness (QED) is 0.158. The smallest absolute Gasteiger partial charge is 0.101 e. The van der Waals surface area contributed by atoms with E-state index >= 15 is 0 Å². The van der Waals surface area contributed by atoms with Crippen molar-refractivity contribution in [1.82, 2.24) is 4.98 Å². The minimum absolute atomic E-state index is 0.401. The molecule has 0 unspecified atom stereocenters. The summed E-state index contributed by atoms with van der Waals surface area (Å²) < 4.78 is 0. The van der Waals surface area contributed by atoms with Crippen molar-refractivity contribution < 1.29 is 0 Å². The summed E-state index contributed by atoms with van der Waals surface area (Å²) >= 11 is 0. The van der Waals surface area contributed by atoms with Crippen LogP contribution in [0.5, 0.6) is 0 Å². The summed E-state index contributed by atoms with van der Waals surface area (Å²) in [6.07, 6.45) is 3.11. The zero-order valence-corrected chi connectivity index (χ0v) is 26.0. The van der Waals surface area contributed by atoms with Crippen molar-refractivity contribution in [3.63, 3.8) is 0 Å². The molecule has 6 aromatic carbocycles. The SMILES string of the molecule is C/C(=C\C(C#N)=C/N)c1cccc(-c2cc3c(c4ccccc24)-c2c(ccc4ccccc24)C3(c2ccccc2)c2ccccc2)n1. The van der Waals surface area contributed by atoms with Crippen LogP contribution in [-0.2, 0) is 5.41 Å². The molecule has 0 saturated carbocycles. The molecular formula is C44H31N3. The van der Waals surface area contributed by atoms with E-state index in [-0.39, 0.29) is 0 Å². The lowest BCUT2D eigenvalue weighted by molar-refractivity contribution is 0.770. The number of aromatic nitrogens is 1. The number of nitriles is 1. The summed E-state index contributed by atoms with van der Waals surface area (Å²) in [7, 11) is 0. The Kier molecular flexibility index (Phi) is 6.78. The Bertz CT molecular complexity index is 2390. The van der Waals surface area contributed by atoms with Crippen molar-refractivity contribution in [1.29, 1.82) is 5.26 Å². The first kappa shape index (κ1) is 28.2. The molecule has 1 aliphatic rings. The number of pyridine rings is 1. The van der Waals surface area contributed by atoms with E-state index in [0.717, 1.165) is 27.9 Å². The first-order chi connectivity index (χ1) is 23.1. The predicted molar refractivity (Wildman–Crippen MR) is 194 cm³/mol. The van der Waals surface area contributed by atoms with Crippen LogP contribution in [-0.4, -0.2) is 4.98 Å². The van der Waals surface area contributed by atoms with E-state index in [1.807, 2.05) is 19.1 Å². The van der Waals surface area contributed by atoms with Gasteiger partial charge in [0, 0.05) is 11.8 Å². The van der Waals surface area contributed by atoms with Crippen molar-refractivity contribution in [3.05, 3.63) is 191 Å². The van der Waals surface area contributed by atoms with Crippen LogP contribution in [0.3, 0.4) is 0 Å². The fourth-order valence-electron chi connectivity index (χ4n) is 7.54. The van der Waals surface area contributed by atoms with E-state index in [2.05, 4.69) is 140 Å². The Hall–Kier alpha value is -6.24. The summed E-state index contributed by atoms with van der Waals surface area (Å²) in [6, 6.07) is 54.5. The van der Waals surface area contributed by atoms with Crippen molar-refractivity contribution in [2.75, 3.05) is 0 Å². The standard InChI is InChI=1S/C44H31N3/c1-29(25-30(27-45)28-46)40-21-12-22-41(47-40)37-26-39-43(36-20-11-10-19-35(36)37)42-34-18-9-8-13-31(34)23-24-38(42)44(39,32-14-4-2-5-15-32)33-16-6-3-7-17-33/h2-27H,45H2,1H3/b29-25+,30-27+. The van der Waals surface area contributed by atoms with Crippen LogP contribution in [0.2, 0.25) is 0 Å². The second-order valence-electron chi connectivity index (χ2n) is 12.1. The number of hydrogen-bond acceptors (Lipinski definition) is 3. The minimum atomic E-state index is -0.558. The Morgan fingerprint density at radius 3 is 1.96 bits per heavy atom. The molecule has 8 rings (SSSR count). The topological polar surface area (TPSA) is 62.7 Å². The molecule has 2 N–H and O–H groups in total.